The summed E-state index contributed by atoms with van der Waals surface area (Å²) in [5.74, 6) is -1.24. The van der Waals surface area contributed by atoms with Crippen LogP contribution in [0.3, 0.4) is 0 Å². The Labute approximate surface area is 265 Å². The molecule has 2 fully saturated rings. The van der Waals surface area contributed by atoms with Gasteiger partial charge in [0.25, 0.3) is 0 Å². The van der Waals surface area contributed by atoms with Gasteiger partial charge in [0, 0.05) is 35.6 Å². The molecule has 232 valence electrons. The average Bonchev–Trinajstić information content (AvgIpc) is 3.08. The monoisotopic (exact) mass is 620 g/mol. The van der Waals surface area contributed by atoms with E-state index in [1.807, 2.05) is 12.1 Å². The van der Waals surface area contributed by atoms with Gasteiger partial charge < -0.3 is 18.9 Å². The molecule has 2 atom stereocenters. The van der Waals surface area contributed by atoms with Crippen molar-refractivity contribution in [2.45, 2.75) is 51.1 Å². The van der Waals surface area contributed by atoms with Crippen LogP contribution in [0.5, 0.6) is 11.5 Å². The van der Waals surface area contributed by atoms with Crippen LogP contribution in [0, 0.1) is 34.3 Å². The van der Waals surface area contributed by atoms with E-state index in [0.717, 1.165) is 32.1 Å². The van der Waals surface area contributed by atoms with Crippen molar-refractivity contribution in [2.75, 3.05) is 13.2 Å². The summed E-state index contributed by atoms with van der Waals surface area (Å²) in [5, 5.41) is 19.5. The molecule has 0 saturated carbocycles. The molecule has 4 aromatic rings. The minimum Gasteiger partial charge on any atom is -0.465 e. The van der Waals surface area contributed by atoms with Gasteiger partial charge in [-0.05, 0) is 67.1 Å². The standard InChI is InChI=1S/C37H30F2N2O5/c38-32-9-5-7-25(30(32)21-40)23-13-15-27(26-8-6-10-33(39)31(26)22-41)29(19-23)37(42)28-16-14-24(45-35-11-1-3-17-43-35)20-34(28)46-36-12-2-4-18-44-36/h5-10,13-16,19-20,35-36H,1-4,11-12,17-18H2. The second kappa shape index (κ2) is 13.9. The zero-order valence-electron chi connectivity index (χ0n) is 24.9. The number of carbonyl (C=O) groups is 1. The average molecular weight is 621 g/mol. The highest BCUT2D eigenvalue weighted by Gasteiger charge is 2.26. The third kappa shape index (κ3) is 6.48. The fraction of sp³-hybridized carbons (Fsp3) is 0.270. The number of ether oxygens (including phenoxy) is 4. The Bertz CT molecular complexity index is 1850. The zero-order chi connectivity index (χ0) is 32.0. The molecule has 4 aromatic carbocycles. The predicted octanol–water partition coefficient (Wildman–Crippen LogP) is 8.08. The van der Waals surface area contributed by atoms with E-state index < -0.39 is 30.0 Å². The van der Waals surface area contributed by atoms with Gasteiger partial charge in [0.2, 0.25) is 0 Å². The molecular weight excluding hydrogens is 590 g/mol. The van der Waals surface area contributed by atoms with Gasteiger partial charge in [-0.25, -0.2) is 8.78 Å². The number of nitrogens with zero attached hydrogens (tertiary/aromatic N) is 2. The first-order valence-electron chi connectivity index (χ1n) is 15.2. The first-order valence-corrected chi connectivity index (χ1v) is 15.2. The molecule has 0 spiro atoms. The molecule has 2 aliphatic rings. The molecule has 0 bridgehead atoms. The smallest absolute Gasteiger partial charge is 0.199 e. The maximum Gasteiger partial charge on any atom is 0.199 e. The molecule has 46 heavy (non-hydrogen) atoms. The minimum absolute atomic E-state index is 0.103. The Balaban J connectivity index is 1.49. The number of nitriles is 2. The molecule has 2 heterocycles. The second-order valence-electron chi connectivity index (χ2n) is 11.1. The highest BCUT2D eigenvalue weighted by Crippen LogP contribution is 2.37. The third-order valence-corrected chi connectivity index (χ3v) is 8.12. The zero-order valence-corrected chi connectivity index (χ0v) is 24.9. The van der Waals surface area contributed by atoms with Gasteiger partial charge in [-0.15, -0.1) is 0 Å². The lowest BCUT2D eigenvalue weighted by molar-refractivity contribution is -0.109. The molecule has 0 aromatic heterocycles. The fourth-order valence-corrected chi connectivity index (χ4v) is 5.78. The van der Waals surface area contributed by atoms with Crippen LogP contribution in [-0.4, -0.2) is 31.6 Å². The lowest BCUT2D eigenvalue weighted by atomic mass is 9.88. The van der Waals surface area contributed by atoms with Gasteiger partial charge in [0.1, 0.15) is 35.3 Å². The van der Waals surface area contributed by atoms with Crippen LogP contribution in [0.4, 0.5) is 8.78 Å². The fourth-order valence-electron chi connectivity index (χ4n) is 5.78. The normalized spacial score (nSPS) is 17.8. The van der Waals surface area contributed by atoms with Crippen molar-refractivity contribution in [3.8, 4) is 45.9 Å². The van der Waals surface area contributed by atoms with E-state index in [0.29, 0.717) is 30.9 Å². The maximum absolute atomic E-state index is 14.8. The largest absolute Gasteiger partial charge is 0.465 e. The number of benzene rings is 4. The number of halogens is 2. The predicted molar refractivity (Wildman–Crippen MR) is 165 cm³/mol. The molecule has 0 amide bonds. The van der Waals surface area contributed by atoms with E-state index >= 15 is 0 Å². The lowest BCUT2D eigenvalue weighted by Gasteiger charge is -2.26. The lowest BCUT2D eigenvalue weighted by Crippen LogP contribution is -2.26. The summed E-state index contributed by atoms with van der Waals surface area (Å²) in [6, 6.07) is 21.9. The minimum atomic E-state index is -0.732. The Hall–Kier alpha value is -5.09. The topological polar surface area (TPSA) is 102 Å². The molecule has 0 radical (unpaired) electrons. The summed E-state index contributed by atoms with van der Waals surface area (Å²) in [6.45, 7) is 1.13. The number of ketones is 1. The molecule has 9 heteroatoms. The van der Waals surface area contributed by atoms with Crippen LogP contribution in [0.25, 0.3) is 22.3 Å². The summed E-state index contributed by atoms with van der Waals surface area (Å²) in [7, 11) is 0. The SMILES string of the molecule is N#Cc1c(F)cccc1-c1ccc(-c2cccc(F)c2C#N)c(C(=O)c2ccc(OC3CCCCO3)cc2OC2CCCCO2)c1. The van der Waals surface area contributed by atoms with Crippen LogP contribution in [0.2, 0.25) is 0 Å². The van der Waals surface area contributed by atoms with E-state index in [2.05, 4.69) is 0 Å². The van der Waals surface area contributed by atoms with Crippen LogP contribution in [-0.2, 0) is 9.47 Å². The van der Waals surface area contributed by atoms with E-state index in [4.69, 9.17) is 18.9 Å². The summed E-state index contributed by atoms with van der Waals surface area (Å²) >= 11 is 0. The highest BCUT2D eigenvalue weighted by molar-refractivity contribution is 6.15. The molecule has 7 nitrogen and oxygen atoms in total. The first-order chi connectivity index (χ1) is 22.5. The Kier molecular flexibility index (Phi) is 9.35. The quantitative estimate of drug-likeness (QED) is 0.184. The van der Waals surface area contributed by atoms with E-state index in [9.17, 15) is 24.1 Å². The molecule has 2 saturated heterocycles. The van der Waals surface area contributed by atoms with E-state index in [1.54, 1.807) is 42.5 Å². The molecule has 6 rings (SSSR count). The highest BCUT2D eigenvalue weighted by atomic mass is 19.1. The van der Waals surface area contributed by atoms with Crippen molar-refractivity contribution in [1.29, 1.82) is 10.5 Å². The van der Waals surface area contributed by atoms with Crippen LogP contribution < -0.4 is 9.47 Å². The van der Waals surface area contributed by atoms with Crippen molar-refractivity contribution in [3.05, 3.63) is 107 Å². The molecule has 2 aliphatic heterocycles. The van der Waals surface area contributed by atoms with Crippen molar-refractivity contribution in [3.63, 3.8) is 0 Å². The Morgan fingerprint density at radius 3 is 1.96 bits per heavy atom. The second-order valence-corrected chi connectivity index (χ2v) is 11.1. The molecule has 2 unspecified atom stereocenters. The van der Waals surface area contributed by atoms with Gasteiger partial charge in [-0.2, -0.15) is 10.5 Å². The maximum atomic E-state index is 14.8. The van der Waals surface area contributed by atoms with Gasteiger partial charge >= 0.3 is 0 Å². The summed E-state index contributed by atoms with van der Waals surface area (Å²) in [4.78, 5) is 14.6. The van der Waals surface area contributed by atoms with Crippen molar-refractivity contribution in [1.82, 2.24) is 0 Å². The van der Waals surface area contributed by atoms with Crippen molar-refractivity contribution in [2.24, 2.45) is 0 Å². The summed E-state index contributed by atoms with van der Waals surface area (Å²) in [6.07, 6.45) is 4.12. The molecule has 0 aliphatic carbocycles. The van der Waals surface area contributed by atoms with Crippen LogP contribution in [0.15, 0.2) is 72.8 Å². The number of carbonyl (C=O) groups excluding carboxylic acids is 1. The van der Waals surface area contributed by atoms with Gasteiger partial charge in [-0.1, -0.05) is 36.4 Å². The molecule has 0 N–H and O–H groups in total. The van der Waals surface area contributed by atoms with E-state index in [1.165, 1.54) is 30.3 Å². The summed E-state index contributed by atoms with van der Waals surface area (Å²) < 4.78 is 53.3. The molecular formula is C37H30F2N2O5. The van der Waals surface area contributed by atoms with Gasteiger partial charge in [0.15, 0.2) is 18.4 Å². The Morgan fingerprint density at radius 2 is 1.33 bits per heavy atom. The summed E-state index contributed by atoms with van der Waals surface area (Å²) in [5.41, 5.74) is 1.06. The Morgan fingerprint density at radius 1 is 0.696 bits per heavy atom. The van der Waals surface area contributed by atoms with E-state index in [-0.39, 0.29) is 44.7 Å². The van der Waals surface area contributed by atoms with Crippen molar-refractivity contribution >= 4 is 5.78 Å². The van der Waals surface area contributed by atoms with Gasteiger partial charge in [0.05, 0.1) is 29.9 Å². The third-order valence-electron chi connectivity index (χ3n) is 8.12. The van der Waals surface area contributed by atoms with Crippen molar-refractivity contribution < 1.29 is 32.5 Å². The van der Waals surface area contributed by atoms with Crippen LogP contribution in [0.1, 0.15) is 65.6 Å². The number of hydrogen-bond acceptors (Lipinski definition) is 7. The van der Waals surface area contributed by atoms with Crippen LogP contribution >= 0.6 is 0 Å². The van der Waals surface area contributed by atoms with Gasteiger partial charge in [-0.3, -0.25) is 4.79 Å². The number of hydrogen-bond donors (Lipinski definition) is 0. The number of rotatable bonds is 8. The first kappa shape index (κ1) is 30.9.